The minimum atomic E-state index is -0.360. The molecule has 0 aliphatic rings. The molecule has 0 spiro atoms. The van der Waals surface area contributed by atoms with Gasteiger partial charge in [0.15, 0.2) is 5.82 Å². The van der Waals surface area contributed by atoms with Gasteiger partial charge in [-0.1, -0.05) is 39.7 Å². The Morgan fingerprint density at radius 3 is 2.65 bits per heavy atom. The van der Waals surface area contributed by atoms with Crippen LogP contribution < -0.4 is 5.32 Å². The van der Waals surface area contributed by atoms with Crippen LogP contribution in [0.15, 0.2) is 53.0 Å². The van der Waals surface area contributed by atoms with E-state index >= 15 is 0 Å². The van der Waals surface area contributed by atoms with Gasteiger partial charge in [-0.25, -0.2) is 9.37 Å². The third-order valence-corrected chi connectivity index (χ3v) is 4.40. The molecule has 2 aromatic heterocycles. The summed E-state index contributed by atoms with van der Waals surface area (Å²) >= 11 is 3.26. The second-order valence-corrected chi connectivity index (χ2v) is 6.96. The molecule has 0 bridgehead atoms. The summed E-state index contributed by atoms with van der Waals surface area (Å²) in [5, 5.41) is 7.64. The number of hydrogen-bond acceptors (Lipinski definition) is 4. The highest BCUT2D eigenvalue weighted by atomic mass is 79.9. The summed E-state index contributed by atoms with van der Waals surface area (Å²) in [5.74, 6) is 1.27. The van der Waals surface area contributed by atoms with Crippen LogP contribution in [0.25, 0.3) is 17.2 Å². The van der Waals surface area contributed by atoms with Gasteiger partial charge >= 0.3 is 0 Å². The highest BCUT2D eigenvalue weighted by molar-refractivity contribution is 9.10. The summed E-state index contributed by atoms with van der Waals surface area (Å²) < 4.78 is 16.5. The summed E-state index contributed by atoms with van der Waals surface area (Å²) in [6.07, 6.45) is 0. The Labute approximate surface area is 158 Å². The number of aromatic nitrogens is 4. The Morgan fingerprint density at radius 1 is 1.04 bits per heavy atom. The van der Waals surface area contributed by atoms with Crippen molar-refractivity contribution in [2.75, 3.05) is 5.32 Å². The highest BCUT2D eigenvalue weighted by Gasteiger charge is 2.13. The number of fused-ring (bicyclic) bond motifs is 1. The molecule has 2 aromatic carbocycles. The van der Waals surface area contributed by atoms with Gasteiger partial charge in [-0.05, 0) is 38.1 Å². The van der Waals surface area contributed by atoms with Crippen LogP contribution in [-0.2, 0) is 0 Å². The molecule has 1 N–H and O–H groups in total. The van der Waals surface area contributed by atoms with Gasteiger partial charge in [-0.15, -0.1) is 5.10 Å². The van der Waals surface area contributed by atoms with Crippen LogP contribution >= 0.6 is 15.9 Å². The second-order valence-electron chi connectivity index (χ2n) is 6.05. The lowest BCUT2D eigenvalue weighted by Crippen LogP contribution is -2.03. The molecular weight excluding hydrogens is 397 g/mol. The van der Waals surface area contributed by atoms with Crippen molar-refractivity contribution in [2.45, 2.75) is 13.8 Å². The molecule has 0 aliphatic carbocycles. The van der Waals surface area contributed by atoms with Crippen molar-refractivity contribution in [3.8, 4) is 11.4 Å². The third-order valence-electron chi connectivity index (χ3n) is 3.91. The van der Waals surface area contributed by atoms with Crippen molar-refractivity contribution in [2.24, 2.45) is 0 Å². The Hall–Kier alpha value is -2.80. The normalized spacial score (nSPS) is 11.1. The maximum absolute atomic E-state index is 14.2. The number of nitrogens with zero attached hydrogens (tertiary/aromatic N) is 4. The molecule has 26 heavy (non-hydrogen) atoms. The number of anilines is 2. The average molecular weight is 412 g/mol. The zero-order chi connectivity index (χ0) is 18.3. The highest BCUT2D eigenvalue weighted by Crippen LogP contribution is 2.25. The van der Waals surface area contributed by atoms with Crippen LogP contribution in [-0.4, -0.2) is 19.6 Å². The Bertz CT molecular complexity index is 1120. The van der Waals surface area contributed by atoms with Crippen molar-refractivity contribution in [1.29, 1.82) is 0 Å². The summed E-state index contributed by atoms with van der Waals surface area (Å²) in [7, 11) is 0. The van der Waals surface area contributed by atoms with Crippen LogP contribution in [0.5, 0.6) is 0 Å². The number of nitrogens with one attached hydrogen (secondary N) is 1. The van der Waals surface area contributed by atoms with E-state index in [1.165, 1.54) is 6.07 Å². The molecule has 0 aliphatic heterocycles. The van der Waals surface area contributed by atoms with E-state index in [2.05, 4.69) is 36.3 Å². The van der Waals surface area contributed by atoms with Gasteiger partial charge in [-0.3, -0.25) is 0 Å². The van der Waals surface area contributed by atoms with E-state index in [-0.39, 0.29) is 5.82 Å². The molecule has 0 radical (unpaired) electrons. The van der Waals surface area contributed by atoms with Gasteiger partial charge in [0.25, 0.3) is 5.78 Å². The van der Waals surface area contributed by atoms with E-state index < -0.39 is 0 Å². The van der Waals surface area contributed by atoms with E-state index in [0.717, 1.165) is 16.8 Å². The summed E-state index contributed by atoms with van der Waals surface area (Å²) in [5.41, 5.74) is 3.16. The molecule has 2 heterocycles. The average Bonchev–Trinajstić information content (AvgIpc) is 3.01. The number of aryl methyl sites for hydroxylation is 2. The number of halogens is 2. The topological polar surface area (TPSA) is 55.1 Å². The van der Waals surface area contributed by atoms with E-state index in [9.17, 15) is 4.39 Å². The smallest absolute Gasteiger partial charge is 0.254 e. The van der Waals surface area contributed by atoms with Crippen molar-refractivity contribution >= 4 is 33.2 Å². The molecule has 4 aromatic rings. The predicted octanol–water partition coefficient (Wildman–Crippen LogP) is 5.05. The van der Waals surface area contributed by atoms with Crippen molar-refractivity contribution in [1.82, 2.24) is 19.6 Å². The standard InChI is InChI=1S/C19H15BrFN5/c1-11-4-3-5-13(8-11)18-24-19-22-12(2)9-17(26(19)25-18)23-16-7-6-14(20)10-15(16)21/h3-10,23H,1-2H3. The zero-order valence-electron chi connectivity index (χ0n) is 14.2. The lowest BCUT2D eigenvalue weighted by atomic mass is 10.1. The number of rotatable bonds is 3. The maximum atomic E-state index is 14.2. The minimum Gasteiger partial charge on any atom is -0.338 e. The first kappa shape index (κ1) is 16.7. The molecule has 0 saturated heterocycles. The van der Waals surface area contributed by atoms with Crippen molar-refractivity contribution < 1.29 is 4.39 Å². The van der Waals surface area contributed by atoms with E-state index in [0.29, 0.717) is 27.6 Å². The Kier molecular flexibility index (Phi) is 4.16. The molecule has 5 nitrogen and oxygen atoms in total. The quantitative estimate of drug-likeness (QED) is 0.512. The summed E-state index contributed by atoms with van der Waals surface area (Å²) in [6.45, 7) is 3.88. The number of benzene rings is 2. The molecular formula is C19H15BrFN5. The Balaban J connectivity index is 1.82. The van der Waals surface area contributed by atoms with Crippen LogP contribution in [0.1, 0.15) is 11.3 Å². The molecule has 4 rings (SSSR count). The number of hydrogen-bond donors (Lipinski definition) is 1. The van der Waals surface area contributed by atoms with Gasteiger partial charge in [0.2, 0.25) is 0 Å². The van der Waals surface area contributed by atoms with Crippen LogP contribution in [0, 0.1) is 19.7 Å². The molecule has 0 amide bonds. The summed E-state index contributed by atoms with van der Waals surface area (Å²) in [6, 6.07) is 14.6. The maximum Gasteiger partial charge on any atom is 0.254 e. The molecule has 130 valence electrons. The van der Waals surface area contributed by atoms with E-state index in [4.69, 9.17) is 0 Å². The third kappa shape index (κ3) is 3.17. The van der Waals surface area contributed by atoms with Crippen molar-refractivity contribution in [3.63, 3.8) is 0 Å². The predicted molar refractivity (Wildman–Crippen MR) is 103 cm³/mol. The first-order valence-corrected chi connectivity index (χ1v) is 8.82. The molecule has 0 atom stereocenters. The molecule has 0 saturated carbocycles. The van der Waals surface area contributed by atoms with E-state index in [1.54, 1.807) is 16.6 Å². The molecule has 7 heteroatoms. The monoisotopic (exact) mass is 411 g/mol. The van der Waals surface area contributed by atoms with Gasteiger partial charge in [0.05, 0.1) is 5.69 Å². The molecule has 0 fully saturated rings. The Morgan fingerprint density at radius 2 is 1.88 bits per heavy atom. The molecule has 0 unspecified atom stereocenters. The first-order chi connectivity index (χ1) is 12.5. The second kappa shape index (κ2) is 6.49. The lowest BCUT2D eigenvalue weighted by Gasteiger charge is -2.09. The fourth-order valence-corrected chi connectivity index (χ4v) is 3.04. The fraction of sp³-hybridized carbons (Fsp3) is 0.105. The summed E-state index contributed by atoms with van der Waals surface area (Å²) in [4.78, 5) is 8.95. The van der Waals surface area contributed by atoms with E-state index in [1.807, 2.05) is 44.2 Å². The van der Waals surface area contributed by atoms with Crippen LogP contribution in [0.4, 0.5) is 15.9 Å². The minimum absolute atomic E-state index is 0.354. The lowest BCUT2D eigenvalue weighted by molar-refractivity contribution is 0.630. The zero-order valence-corrected chi connectivity index (χ0v) is 15.7. The van der Waals surface area contributed by atoms with Crippen molar-refractivity contribution in [3.05, 3.63) is 70.1 Å². The first-order valence-electron chi connectivity index (χ1n) is 8.03. The van der Waals surface area contributed by atoms with Crippen LogP contribution in [0.2, 0.25) is 0 Å². The van der Waals surface area contributed by atoms with Gasteiger partial charge in [0, 0.05) is 21.8 Å². The van der Waals surface area contributed by atoms with Gasteiger partial charge < -0.3 is 5.32 Å². The van der Waals surface area contributed by atoms with Crippen LogP contribution in [0.3, 0.4) is 0 Å². The fourth-order valence-electron chi connectivity index (χ4n) is 2.71. The SMILES string of the molecule is Cc1cccc(-c2nc3nc(C)cc(Nc4ccc(Br)cc4F)n3n2)c1. The van der Waals surface area contributed by atoms with Gasteiger partial charge in [0.1, 0.15) is 11.6 Å². The van der Waals surface area contributed by atoms with Gasteiger partial charge in [-0.2, -0.15) is 9.50 Å². The largest absolute Gasteiger partial charge is 0.338 e.